The second-order valence-electron chi connectivity index (χ2n) is 7.57. The highest BCUT2D eigenvalue weighted by Crippen LogP contribution is 2.19. The molecule has 0 saturated heterocycles. The molecule has 0 radical (unpaired) electrons. The molecule has 2 N–H and O–H groups in total. The lowest BCUT2D eigenvalue weighted by atomic mass is 10.1. The lowest BCUT2D eigenvalue weighted by Gasteiger charge is -2.19. The predicted molar refractivity (Wildman–Crippen MR) is 124 cm³/mol. The highest BCUT2D eigenvalue weighted by Gasteiger charge is 2.23. The number of benzene rings is 2. The van der Waals surface area contributed by atoms with Crippen molar-refractivity contribution in [1.82, 2.24) is 14.0 Å². The average molecular weight is 437 g/mol. The topological polar surface area (TPSA) is 99.6 Å². The van der Waals surface area contributed by atoms with Gasteiger partial charge in [0.25, 0.3) is 5.56 Å². The number of aromatic nitrogens is 2. The zero-order valence-corrected chi connectivity index (χ0v) is 18.6. The SMILES string of the molecule is CCn1c(=O)c(C(=O)CN(C)Cc2ccccc2OC)c(N)n(Cc2ccccc2)c1=O. The van der Waals surface area contributed by atoms with E-state index in [0.717, 1.165) is 21.4 Å². The fraction of sp³-hybridized carbons (Fsp3) is 0.292. The van der Waals surface area contributed by atoms with Crippen molar-refractivity contribution in [2.75, 3.05) is 26.4 Å². The van der Waals surface area contributed by atoms with Gasteiger partial charge in [-0.05, 0) is 25.6 Å². The van der Waals surface area contributed by atoms with Crippen LogP contribution in [0.1, 0.15) is 28.4 Å². The zero-order valence-electron chi connectivity index (χ0n) is 18.6. The molecule has 1 aromatic heterocycles. The van der Waals surface area contributed by atoms with E-state index in [9.17, 15) is 14.4 Å². The molecule has 0 aliphatic carbocycles. The summed E-state index contributed by atoms with van der Waals surface area (Å²) in [5.41, 5.74) is 6.63. The van der Waals surface area contributed by atoms with Crippen LogP contribution in [0.25, 0.3) is 0 Å². The van der Waals surface area contributed by atoms with Gasteiger partial charge in [0.2, 0.25) is 0 Å². The summed E-state index contributed by atoms with van der Waals surface area (Å²) in [7, 11) is 3.37. The molecule has 32 heavy (non-hydrogen) atoms. The minimum absolute atomic E-state index is 0.0370. The van der Waals surface area contributed by atoms with E-state index >= 15 is 0 Å². The van der Waals surface area contributed by atoms with E-state index < -0.39 is 17.0 Å². The number of methoxy groups -OCH3 is 1. The van der Waals surface area contributed by atoms with Crippen LogP contribution < -0.4 is 21.7 Å². The van der Waals surface area contributed by atoms with Gasteiger partial charge in [-0.1, -0.05) is 48.5 Å². The first-order valence-corrected chi connectivity index (χ1v) is 10.4. The van der Waals surface area contributed by atoms with E-state index in [4.69, 9.17) is 10.5 Å². The number of ether oxygens (including phenoxy) is 1. The molecule has 0 saturated carbocycles. The number of anilines is 1. The van der Waals surface area contributed by atoms with E-state index in [0.29, 0.717) is 6.54 Å². The number of Topliss-reactive ketones (excluding diaryl/α,β-unsaturated/α-hetero) is 1. The Bertz CT molecular complexity index is 1210. The Morgan fingerprint density at radius 3 is 2.34 bits per heavy atom. The van der Waals surface area contributed by atoms with E-state index in [1.165, 1.54) is 4.57 Å². The summed E-state index contributed by atoms with van der Waals surface area (Å²) in [4.78, 5) is 40.7. The van der Waals surface area contributed by atoms with E-state index in [1.807, 2.05) is 54.6 Å². The molecule has 3 rings (SSSR count). The Balaban J connectivity index is 1.93. The fourth-order valence-electron chi connectivity index (χ4n) is 3.68. The third-order valence-corrected chi connectivity index (χ3v) is 5.29. The molecule has 1 heterocycles. The second kappa shape index (κ2) is 10.1. The summed E-state index contributed by atoms with van der Waals surface area (Å²) in [6.45, 7) is 2.41. The first kappa shape index (κ1) is 23.0. The molecule has 0 unspecified atom stereocenters. The molecule has 0 bridgehead atoms. The number of ketones is 1. The van der Waals surface area contributed by atoms with E-state index in [2.05, 4.69) is 0 Å². The number of nitrogens with zero attached hydrogens (tertiary/aromatic N) is 3. The number of nitrogen functional groups attached to an aromatic ring is 1. The molecular weight excluding hydrogens is 408 g/mol. The maximum Gasteiger partial charge on any atom is 0.332 e. The molecule has 0 aliphatic heterocycles. The summed E-state index contributed by atoms with van der Waals surface area (Å²) >= 11 is 0. The Morgan fingerprint density at radius 2 is 1.69 bits per heavy atom. The van der Waals surface area contributed by atoms with Crippen LogP contribution in [0.4, 0.5) is 5.82 Å². The Morgan fingerprint density at radius 1 is 1.03 bits per heavy atom. The van der Waals surface area contributed by atoms with Gasteiger partial charge in [0.05, 0.1) is 20.2 Å². The van der Waals surface area contributed by atoms with Gasteiger partial charge in [-0.15, -0.1) is 0 Å². The van der Waals surface area contributed by atoms with Crippen molar-refractivity contribution in [1.29, 1.82) is 0 Å². The van der Waals surface area contributed by atoms with Gasteiger partial charge in [0.15, 0.2) is 5.78 Å². The molecular formula is C24H28N4O4. The van der Waals surface area contributed by atoms with Crippen LogP contribution in [0, 0.1) is 0 Å². The van der Waals surface area contributed by atoms with Crippen LogP contribution in [0.15, 0.2) is 64.2 Å². The molecule has 8 nitrogen and oxygen atoms in total. The number of hydrogen-bond donors (Lipinski definition) is 1. The van der Waals surface area contributed by atoms with Crippen LogP contribution in [0.2, 0.25) is 0 Å². The molecule has 3 aromatic rings. The van der Waals surface area contributed by atoms with Gasteiger partial charge in [-0.3, -0.25) is 23.6 Å². The molecule has 8 heteroatoms. The average Bonchev–Trinajstić information content (AvgIpc) is 2.78. The third-order valence-electron chi connectivity index (χ3n) is 5.29. The maximum absolute atomic E-state index is 13.1. The summed E-state index contributed by atoms with van der Waals surface area (Å²) in [6.07, 6.45) is 0. The van der Waals surface area contributed by atoms with Crippen LogP contribution in [-0.4, -0.2) is 40.5 Å². The monoisotopic (exact) mass is 436 g/mol. The lowest BCUT2D eigenvalue weighted by molar-refractivity contribution is 0.0940. The smallest absolute Gasteiger partial charge is 0.332 e. The Hall–Kier alpha value is -3.65. The first-order valence-electron chi connectivity index (χ1n) is 10.4. The summed E-state index contributed by atoms with van der Waals surface area (Å²) in [6, 6.07) is 16.8. The highest BCUT2D eigenvalue weighted by molar-refractivity contribution is 6.01. The van der Waals surface area contributed by atoms with Gasteiger partial charge < -0.3 is 10.5 Å². The molecule has 0 fully saturated rings. The fourth-order valence-corrected chi connectivity index (χ4v) is 3.68. The van der Waals surface area contributed by atoms with Crippen LogP contribution in [0.5, 0.6) is 5.75 Å². The quantitative estimate of drug-likeness (QED) is 0.515. The molecule has 0 atom stereocenters. The number of para-hydroxylation sites is 1. The molecule has 2 aromatic carbocycles. The van der Waals surface area contributed by atoms with Crippen molar-refractivity contribution >= 4 is 11.6 Å². The van der Waals surface area contributed by atoms with Gasteiger partial charge in [-0.25, -0.2) is 4.79 Å². The van der Waals surface area contributed by atoms with Gasteiger partial charge in [-0.2, -0.15) is 0 Å². The van der Waals surface area contributed by atoms with Crippen LogP contribution in [0.3, 0.4) is 0 Å². The van der Waals surface area contributed by atoms with Crippen LogP contribution in [-0.2, 0) is 19.6 Å². The van der Waals surface area contributed by atoms with Crippen LogP contribution >= 0.6 is 0 Å². The van der Waals surface area contributed by atoms with Gasteiger partial charge >= 0.3 is 5.69 Å². The number of rotatable bonds is 9. The number of likely N-dealkylation sites (N-methyl/N-ethyl adjacent to an activating group) is 1. The van der Waals surface area contributed by atoms with Crippen molar-refractivity contribution < 1.29 is 9.53 Å². The summed E-state index contributed by atoms with van der Waals surface area (Å²) < 4.78 is 7.70. The number of carbonyl (C=O) groups excluding carboxylic acids is 1. The lowest BCUT2D eigenvalue weighted by Crippen LogP contribution is -2.45. The Labute approximate surface area is 186 Å². The number of hydrogen-bond acceptors (Lipinski definition) is 6. The zero-order chi connectivity index (χ0) is 23.3. The van der Waals surface area contributed by atoms with Gasteiger partial charge in [0.1, 0.15) is 17.1 Å². The highest BCUT2D eigenvalue weighted by atomic mass is 16.5. The normalized spacial score (nSPS) is 11.0. The third kappa shape index (κ3) is 4.81. The molecule has 168 valence electrons. The predicted octanol–water partition coefficient (Wildman–Crippen LogP) is 1.98. The second-order valence-corrected chi connectivity index (χ2v) is 7.57. The molecule has 0 amide bonds. The van der Waals surface area contributed by atoms with E-state index in [1.54, 1.807) is 26.0 Å². The van der Waals surface area contributed by atoms with Gasteiger partial charge in [0, 0.05) is 18.7 Å². The van der Waals surface area contributed by atoms with Crippen molar-refractivity contribution in [3.05, 3.63) is 92.1 Å². The number of nitrogens with two attached hydrogens (primary N) is 1. The maximum atomic E-state index is 13.1. The van der Waals surface area contributed by atoms with Crippen molar-refractivity contribution in [2.45, 2.75) is 26.6 Å². The Kier molecular flexibility index (Phi) is 7.27. The van der Waals surface area contributed by atoms with E-state index in [-0.39, 0.29) is 31.0 Å². The first-order chi connectivity index (χ1) is 15.4. The molecule has 0 aliphatic rings. The summed E-state index contributed by atoms with van der Waals surface area (Å²) in [5, 5.41) is 0. The largest absolute Gasteiger partial charge is 0.496 e. The van der Waals surface area contributed by atoms with Crippen molar-refractivity contribution in [3.63, 3.8) is 0 Å². The molecule has 0 spiro atoms. The standard InChI is InChI=1S/C24H28N4O4/c1-4-27-23(30)21(22(25)28(24(27)31)14-17-10-6-5-7-11-17)19(29)16-26(2)15-18-12-8-9-13-20(18)32-3/h5-13H,4,14-16,25H2,1-3H3. The van der Waals surface area contributed by atoms with Crippen molar-refractivity contribution in [2.24, 2.45) is 0 Å². The number of carbonyl (C=O) groups is 1. The summed E-state index contributed by atoms with van der Waals surface area (Å²) in [5.74, 6) is 0.175. The van der Waals surface area contributed by atoms with Crippen molar-refractivity contribution in [3.8, 4) is 5.75 Å². The minimum atomic E-state index is -0.657. The minimum Gasteiger partial charge on any atom is -0.496 e.